The van der Waals surface area contributed by atoms with Crippen molar-refractivity contribution in [2.45, 2.75) is 6.92 Å². The minimum Gasteiger partial charge on any atom is -0.327 e. The third-order valence-corrected chi connectivity index (χ3v) is 3.59. The minimum atomic E-state index is -0.366. The van der Waals surface area contributed by atoms with Crippen molar-refractivity contribution in [1.29, 1.82) is 0 Å². The first-order valence-electron chi connectivity index (χ1n) is 5.59. The molecule has 0 bridgehead atoms. The molecule has 3 aromatic rings. The zero-order valence-corrected chi connectivity index (χ0v) is 11.8. The van der Waals surface area contributed by atoms with Gasteiger partial charge in [-0.2, -0.15) is 5.10 Å². The van der Waals surface area contributed by atoms with Crippen molar-refractivity contribution in [3.05, 3.63) is 39.5 Å². The molecule has 0 fully saturated rings. The van der Waals surface area contributed by atoms with Gasteiger partial charge in [-0.3, -0.25) is 4.57 Å². The van der Waals surface area contributed by atoms with Crippen molar-refractivity contribution in [1.82, 2.24) is 19.3 Å². The fourth-order valence-corrected chi connectivity index (χ4v) is 2.68. The topological polar surface area (TPSA) is 38.5 Å². The summed E-state index contributed by atoms with van der Waals surface area (Å²) in [5, 5.41) is 4.74. The maximum atomic E-state index is 13.4. The summed E-state index contributed by atoms with van der Waals surface area (Å²) in [4.78, 5) is 3.07. The van der Waals surface area contributed by atoms with Gasteiger partial charge >= 0.3 is 0 Å². The lowest BCUT2D eigenvalue weighted by molar-refractivity contribution is 0.626. The average molecular weight is 297 g/mol. The maximum absolute atomic E-state index is 13.4. The molecule has 1 N–H and O–H groups in total. The van der Waals surface area contributed by atoms with E-state index in [1.54, 1.807) is 9.25 Å². The summed E-state index contributed by atoms with van der Waals surface area (Å²) >= 11 is 11.4. The Kier molecular flexibility index (Phi) is 2.72. The molecule has 0 aliphatic carbocycles. The number of nitrogens with one attached hydrogen (secondary N) is 1. The molecule has 0 spiro atoms. The van der Waals surface area contributed by atoms with Crippen LogP contribution in [-0.2, 0) is 7.05 Å². The number of nitrogens with zero attached hydrogens (tertiary/aromatic N) is 3. The molecule has 98 valence electrons. The fourth-order valence-electron chi connectivity index (χ4n) is 2.19. The molecule has 7 heteroatoms. The summed E-state index contributed by atoms with van der Waals surface area (Å²) in [5.41, 5.74) is 2.92. The Morgan fingerprint density at radius 1 is 1.42 bits per heavy atom. The number of rotatable bonds is 1. The Balaban J connectivity index is 2.45. The molecule has 0 saturated carbocycles. The zero-order valence-electron chi connectivity index (χ0n) is 10.2. The SMILES string of the molecule is Cc1nn(C)c2c1[nH]c(=S)n2-c1cc(F)ccc1Cl. The van der Waals surface area contributed by atoms with Crippen LogP contribution in [0.15, 0.2) is 18.2 Å². The molecule has 4 nitrogen and oxygen atoms in total. The third kappa shape index (κ3) is 1.79. The van der Waals surface area contributed by atoms with Crippen LogP contribution in [0, 0.1) is 17.5 Å². The number of fused-ring (bicyclic) bond motifs is 1. The Labute approximate surface area is 118 Å². The van der Waals surface area contributed by atoms with E-state index in [4.69, 9.17) is 23.8 Å². The van der Waals surface area contributed by atoms with E-state index in [1.807, 2.05) is 14.0 Å². The molecule has 0 saturated heterocycles. The van der Waals surface area contributed by atoms with Gasteiger partial charge in [0.05, 0.1) is 16.4 Å². The van der Waals surface area contributed by atoms with Crippen LogP contribution in [0.5, 0.6) is 0 Å². The van der Waals surface area contributed by atoms with Crippen molar-refractivity contribution in [3.63, 3.8) is 0 Å². The first-order chi connectivity index (χ1) is 8.99. The molecule has 1 aromatic carbocycles. The van der Waals surface area contributed by atoms with Gasteiger partial charge in [-0.05, 0) is 37.3 Å². The van der Waals surface area contributed by atoms with Gasteiger partial charge in [-0.1, -0.05) is 11.6 Å². The van der Waals surface area contributed by atoms with Gasteiger partial charge in [-0.15, -0.1) is 0 Å². The summed E-state index contributed by atoms with van der Waals surface area (Å²) in [7, 11) is 1.81. The lowest BCUT2D eigenvalue weighted by Crippen LogP contribution is -2.01. The highest BCUT2D eigenvalue weighted by Crippen LogP contribution is 2.27. The molecule has 0 unspecified atom stereocenters. The van der Waals surface area contributed by atoms with Gasteiger partial charge in [0, 0.05) is 7.05 Å². The van der Waals surface area contributed by atoms with E-state index < -0.39 is 0 Å². The summed E-state index contributed by atoms with van der Waals surface area (Å²) in [6, 6.07) is 4.18. The lowest BCUT2D eigenvalue weighted by Gasteiger charge is -2.07. The number of aromatic nitrogens is 4. The van der Waals surface area contributed by atoms with Gasteiger partial charge in [0.25, 0.3) is 0 Å². The van der Waals surface area contributed by atoms with E-state index in [0.29, 0.717) is 15.5 Å². The van der Waals surface area contributed by atoms with E-state index in [-0.39, 0.29) is 5.82 Å². The summed E-state index contributed by atoms with van der Waals surface area (Å²) < 4.78 is 17.3. The van der Waals surface area contributed by atoms with E-state index in [1.165, 1.54) is 18.2 Å². The van der Waals surface area contributed by atoms with Gasteiger partial charge in [0.1, 0.15) is 11.3 Å². The zero-order chi connectivity index (χ0) is 13.7. The molecule has 0 aliphatic rings. The van der Waals surface area contributed by atoms with Gasteiger partial charge in [-0.25, -0.2) is 9.07 Å². The van der Waals surface area contributed by atoms with Crippen LogP contribution >= 0.6 is 23.8 Å². The van der Waals surface area contributed by atoms with Crippen LogP contribution in [0.4, 0.5) is 4.39 Å². The molecule has 2 aromatic heterocycles. The predicted molar refractivity (Wildman–Crippen MR) is 74.9 cm³/mol. The van der Waals surface area contributed by atoms with Crippen LogP contribution < -0.4 is 0 Å². The molecule has 0 amide bonds. The average Bonchev–Trinajstić information content (AvgIpc) is 2.81. The normalized spacial score (nSPS) is 11.4. The molecule has 19 heavy (non-hydrogen) atoms. The minimum absolute atomic E-state index is 0.366. The van der Waals surface area contributed by atoms with E-state index in [0.717, 1.165) is 16.9 Å². The van der Waals surface area contributed by atoms with Crippen LogP contribution in [0.25, 0.3) is 16.9 Å². The number of aryl methyl sites for hydroxylation is 2. The maximum Gasteiger partial charge on any atom is 0.184 e. The number of halogens is 2. The Morgan fingerprint density at radius 3 is 2.89 bits per heavy atom. The lowest BCUT2D eigenvalue weighted by atomic mass is 10.3. The second-order valence-electron chi connectivity index (χ2n) is 4.27. The summed E-state index contributed by atoms with van der Waals surface area (Å²) in [6.45, 7) is 1.88. The summed E-state index contributed by atoms with van der Waals surface area (Å²) in [6.07, 6.45) is 0. The van der Waals surface area contributed by atoms with Crippen molar-refractivity contribution < 1.29 is 4.39 Å². The van der Waals surface area contributed by atoms with Crippen LogP contribution in [0.1, 0.15) is 5.69 Å². The highest BCUT2D eigenvalue weighted by Gasteiger charge is 2.16. The molecule has 0 atom stereocenters. The molecular formula is C12H10ClFN4S. The number of aromatic amines is 1. The fraction of sp³-hybridized carbons (Fsp3) is 0.167. The van der Waals surface area contributed by atoms with E-state index in [9.17, 15) is 4.39 Å². The largest absolute Gasteiger partial charge is 0.327 e. The second kappa shape index (κ2) is 4.18. The van der Waals surface area contributed by atoms with Crippen LogP contribution in [0.3, 0.4) is 0 Å². The Morgan fingerprint density at radius 2 is 2.16 bits per heavy atom. The quantitative estimate of drug-likeness (QED) is 0.698. The Bertz CT molecular complexity index is 845. The molecule has 3 rings (SSSR count). The second-order valence-corrected chi connectivity index (χ2v) is 5.06. The number of hydrogen-bond acceptors (Lipinski definition) is 2. The molecule has 0 aliphatic heterocycles. The van der Waals surface area contributed by atoms with E-state index in [2.05, 4.69) is 10.1 Å². The van der Waals surface area contributed by atoms with Crippen molar-refractivity contribution >= 4 is 35.0 Å². The van der Waals surface area contributed by atoms with Crippen LogP contribution in [0.2, 0.25) is 5.02 Å². The smallest absolute Gasteiger partial charge is 0.184 e. The Hall–Kier alpha value is -1.66. The number of benzene rings is 1. The predicted octanol–water partition coefficient (Wildman–Crippen LogP) is 3.52. The first kappa shape index (κ1) is 12.4. The van der Waals surface area contributed by atoms with Crippen molar-refractivity contribution in [3.8, 4) is 5.69 Å². The number of imidazole rings is 1. The first-order valence-corrected chi connectivity index (χ1v) is 6.37. The highest BCUT2D eigenvalue weighted by atomic mass is 35.5. The van der Waals surface area contributed by atoms with E-state index >= 15 is 0 Å². The van der Waals surface area contributed by atoms with Crippen molar-refractivity contribution in [2.75, 3.05) is 0 Å². The highest BCUT2D eigenvalue weighted by molar-refractivity contribution is 7.71. The summed E-state index contributed by atoms with van der Waals surface area (Å²) in [5.74, 6) is -0.366. The van der Waals surface area contributed by atoms with Crippen molar-refractivity contribution in [2.24, 2.45) is 7.05 Å². The molecule has 2 heterocycles. The molecular weight excluding hydrogens is 287 g/mol. The van der Waals surface area contributed by atoms with Gasteiger partial charge in [0.2, 0.25) is 0 Å². The third-order valence-electron chi connectivity index (χ3n) is 2.99. The van der Waals surface area contributed by atoms with Gasteiger partial charge in [0.15, 0.2) is 10.4 Å². The monoisotopic (exact) mass is 296 g/mol. The van der Waals surface area contributed by atoms with Crippen LogP contribution in [-0.4, -0.2) is 19.3 Å². The van der Waals surface area contributed by atoms with Gasteiger partial charge < -0.3 is 4.98 Å². The standard InChI is InChI=1S/C12H10ClFN4S/c1-6-10-11(17(2)16-6)18(12(19)15-10)9-5-7(14)3-4-8(9)13/h3-5H,1-2H3,(H,15,19). The number of H-pyrrole nitrogens is 1. The number of hydrogen-bond donors (Lipinski definition) is 1. The molecule has 0 radical (unpaired) electrons.